The minimum absolute atomic E-state index is 0.0243. The van der Waals surface area contributed by atoms with Gasteiger partial charge in [0, 0.05) is 18.8 Å². The SMILES string of the molecule is CC(C)CN(C1CCCC1)S(=O)(=O)c1ncccc1F. The van der Waals surface area contributed by atoms with Crippen molar-refractivity contribution in [2.75, 3.05) is 6.54 Å². The molecule has 1 aromatic heterocycles. The van der Waals surface area contributed by atoms with Crippen molar-refractivity contribution >= 4 is 10.0 Å². The highest BCUT2D eigenvalue weighted by Crippen LogP contribution is 2.29. The van der Waals surface area contributed by atoms with Crippen molar-refractivity contribution in [2.45, 2.75) is 50.6 Å². The first-order valence-corrected chi connectivity index (χ1v) is 8.49. The molecule has 0 bridgehead atoms. The van der Waals surface area contributed by atoms with E-state index in [4.69, 9.17) is 0 Å². The number of aromatic nitrogens is 1. The topological polar surface area (TPSA) is 50.3 Å². The summed E-state index contributed by atoms with van der Waals surface area (Å²) >= 11 is 0. The van der Waals surface area contributed by atoms with Gasteiger partial charge < -0.3 is 0 Å². The van der Waals surface area contributed by atoms with E-state index in [0.29, 0.717) is 6.54 Å². The Balaban J connectivity index is 2.38. The lowest BCUT2D eigenvalue weighted by Gasteiger charge is -2.29. The van der Waals surface area contributed by atoms with Crippen molar-refractivity contribution in [2.24, 2.45) is 5.92 Å². The molecule has 6 heteroatoms. The van der Waals surface area contributed by atoms with Gasteiger partial charge in [0.25, 0.3) is 10.0 Å². The first-order valence-electron chi connectivity index (χ1n) is 7.05. The number of nitrogens with zero attached hydrogens (tertiary/aromatic N) is 2. The molecule has 0 aromatic carbocycles. The normalized spacial score (nSPS) is 17.2. The molecule has 0 N–H and O–H groups in total. The maximum atomic E-state index is 13.8. The number of sulfonamides is 1. The van der Waals surface area contributed by atoms with Crippen LogP contribution < -0.4 is 0 Å². The van der Waals surface area contributed by atoms with Gasteiger partial charge in [0.1, 0.15) is 0 Å². The van der Waals surface area contributed by atoms with Crippen LogP contribution in [0.15, 0.2) is 23.4 Å². The fraction of sp³-hybridized carbons (Fsp3) is 0.643. The Morgan fingerprint density at radius 3 is 2.60 bits per heavy atom. The minimum atomic E-state index is -3.86. The third-order valence-corrected chi connectivity index (χ3v) is 5.41. The Morgan fingerprint density at radius 2 is 2.05 bits per heavy atom. The van der Waals surface area contributed by atoms with Crippen LogP contribution in [0.2, 0.25) is 0 Å². The molecule has 0 saturated heterocycles. The van der Waals surface area contributed by atoms with E-state index in [1.807, 2.05) is 13.8 Å². The van der Waals surface area contributed by atoms with Crippen LogP contribution in [0.4, 0.5) is 4.39 Å². The summed E-state index contributed by atoms with van der Waals surface area (Å²) in [7, 11) is -3.86. The van der Waals surface area contributed by atoms with Gasteiger partial charge in [0.2, 0.25) is 5.03 Å². The summed E-state index contributed by atoms with van der Waals surface area (Å²) in [4.78, 5) is 3.74. The zero-order valence-corrected chi connectivity index (χ0v) is 12.7. The lowest BCUT2D eigenvalue weighted by atomic mass is 10.2. The second kappa shape index (κ2) is 6.18. The average Bonchev–Trinajstić information content (AvgIpc) is 2.89. The Kier molecular flexibility index (Phi) is 4.75. The van der Waals surface area contributed by atoms with Gasteiger partial charge in [-0.1, -0.05) is 26.7 Å². The van der Waals surface area contributed by atoms with Crippen LogP contribution in [0.3, 0.4) is 0 Å². The summed E-state index contributed by atoms with van der Waals surface area (Å²) in [6, 6.07) is 2.52. The van der Waals surface area contributed by atoms with Crippen molar-refractivity contribution in [1.29, 1.82) is 0 Å². The van der Waals surface area contributed by atoms with Crippen molar-refractivity contribution in [3.8, 4) is 0 Å². The van der Waals surface area contributed by atoms with E-state index in [1.54, 1.807) is 0 Å². The molecule has 1 saturated carbocycles. The van der Waals surface area contributed by atoms with Crippen LogP contribution >= 0.6 is 0 Å². The zero-order valence-electron chi connectivity index (χ0n) is 11.9. The largest absolute Gasteiger partial charge is 0.263 e. The highest BCUT2D eigenvalue weighted by atomic mass is 32.2. The zero-order chi connectivity index (χ0) is 14.8. The quantitative estimate of drug-likeness (QED) is 0.840. The van der Waals surface area contributed by atoms with Crippen LogP contribution in [-0.2, 0) is 10.0 Å². The predicted octanol–water partition coefficient (Wildman–Crippen LogP) is 2.81. The van der Waals surface area contributed by atoms with Crippen molar-refractivity contribution in [3.05, 3.63) is 24.1 Å². The standard InChI is InChI=1S/C14H21FN2O2S/c1-11(2)10-17(12-6-3-4-7-12)20(18,19)14-13(15)8-5-9-16-14/h5,8-9,11-12H,3-4,6-7,10H2,1-2H3. The van der Waals surface area contributed by atoms with Crippen molar-refractivity contribution < 1.29 is 12.8 Å². The van der Waals surface area contributed by atoms with Gasteiger partial charge in [-0.2, -0.15) is 4.31 Å². The Bertz CT molecular complexity index is 554. The predicted molar refractivity (Wildman–Crippen MR) is 75.2 cm³/mol. The van der Waals surface area contributed by atoms with Crippen LogP contribution in [0.5, 0.6) is 0 Å². The lowest BCUT2D eigenvalue weighted by molar-refractivity contribution is 0.290. The monoisotopic (exact) mass is 300 g/mol. The van der Waals surface area contributed by atoms with Gasteiger partial charge in [-0.3, -0.25) is 0 Å². The minimum Gasteiger partial charge on any atom is -0.241 e. The summed E-state index contributed by atoms with van der Waals surface area (Å²) in [5.74, 6) is -0.587. The van der Waals surface area contributed by atoms with E-state index < -0.39 is 20.9 Å². The first-order chi connectivity index (χ1) is 9.43. The summed E-state index contributed by atoms with van der Waals surface area (Å²) in [6.45, 7) is 4.33. The summed E-state index contributed by atoms with van der Waals surface area (Å²) in [6.07, 6.45) is 5.07. The molecule has 20 heavy (non-hydrogen) atoms. The van der Waals surface area contributed by atoms with Crippen LogP contribution in [0, 0.1) is 11.7 Å². The fourth-order valence-electron chi connectivity index (χ4n) is 2.67. The molecule has 0 amide bonds. The molecule has 0 atom stereocenters. The van der Waals surface area contributed by atoms with Crippen LogP contribution in [0.1, 0.15) is 39.5 Å². The Labute approximate surface area is 120 Å². The lowest BCUT2D eigenvalue weighted by Crippen LogP contribution is -2.41. The van der Waals surface area contributed by atoms with Crippen LogP contribution in [-0.4, -0.2) is 30.3 Å². The maximum absolute atomic E-state index is 13.8. The first kappa shape index (κ1) is 15.4. The van der Waals surface area contributed by atoms with Gasteiger partial charge in [-0.05, 0) is 30.9 Å². The van der Waals surface area contributed by atoms with Crippen LogP contribution in [0.25, 0.3) is 0 Å². The van der Waals surface area contributed by atoms with E-state index in [9.17, 15) is 12.8 Å². The second-order valence-electron chi connectivity index (χ2n) is 5.70. The number of halogens is 1. The molecule has 2 rings (SSSR count). The fourth-order valence-corrected chi connectivity index (χ4v) is 4.50. The smallest absolute Gasteiger partial charge is 0.241 e. The highest BCUT2D eigenvalue weighted by molar-refractivity contribution is 7.89. The molecular weight excluding hydrogens is 279 g/mol. The third-order valence-electron chi connectivity index (χ3n) is 3.55. The van der Waals surface area contributed by atoms with Gasteiger partial charge in [-0.15, -0.1) is 0 Å². The molecule has 0 spiro atoms. The molecular formula is C14H21FN2O2S. The molecule has 112 valence electrons. The molecule has 0 unspecified atom stereocenters. The van der Waals surface area contributed by atoms with Crippen molar-refractivity contribution in [3.63, 3.8) is 0 Å². The highest BCUT2D eigenvalue weighted by Gasteiger charge is 2.35. The van der Waals surface area contributed by atoms with Gasteiger partial charge >= 0.3 is 0 Å². The maximum Gasteiger partial charge on any atom is 0.263 e. The number of rotatable bonds is 5. The molecule has 0 radical (unpaired) electrons. The van der Waals surface area contributed by atoms with E-state index in [0.717, 1.165) is 31.7 Å². The van der Waals surface area contributed by atoms with Gasteiger partial charge in [0.05, 0.1) is 0 Å². The molecule has 4 nitrogen and oxygen atoms in total. The molecule has 1 fully saturated rings. The molecule has 1 aliphatic rings. The van der Waals surface area contributed by atoms with E-state index in [1.165, 1.54) is 16.6 Å². The summed E-state index contributed by atoms with van der Waals surface area (Å²) < 4.78 is 40.7. The number of hydrogen-bond acceptors (Lipinski definition) is 3. The Hall–Kier alpha value is -1.01. The summed E-state index contributed by atoms with van der Waals surface area (Å²) in [5, 5.41) is -0.451. The third kappa shape index (κ3) is 3.17. The van der Waals surface area contributed by atoms with E-state index >= 15 is 0 Å². The Morgan fingerprint density at radius 1 is 1.40 bits per heavy atom. The molecule has 1 heterocycles. The van der Waals surface area contributed by atoms with Crippen molar-refractivity contribution in [1.82, 2.24) is 9.29 Å². The average molecular weight is 300 g/mol. The molecule has 1 aliphatic carbocycles. The van der Waals surface area contributed by atoms with E-state index in [-0.39, 0.29) is 12.0 Å². The molecule has 1 aromatic rings. The number of pyridine rings is 1. The van der Waals surface area contributed by atoms with Gasteiger partial charge in [-0.25, -0.2) is 17.8 Å². The second-order valence-corrected chi connectivity index (χ2v) is 7.50. The summed E-state index contributed by atoms with van der Waals surface area (Å²) in [5.41, 5.74) is 0. The van der Waals surface area contributed by atoms with Gasteiger partial charge in [0.15, 0.2) is 5.82 Å². The molecule has 0 aliphatic heterocycles. The van der Waals surface area contributed by atoms with E-state index in [2.05, 4.69) is 4.98 Å². The number of hydrogen-bond donors (Lipinski definition) is 0.